The Morgan fingerprint density at radius 2 is 1.53 bits per heavy atom. The first kappa shape index (κ1) is 13.6. The summed E-state index contributed by atoms with van der Waals surface area (Å²) in [5.41, 5.74) is 2.45. The summed E-state index contributed by atoms with van der Waals surface area (Å²) in [6.45, 7) is 4.82. The number of nitrogens with one attached hydrogen (secondary N) is 1. The second-order valence-electron chi connectivity index (χ2n) is 4.49. The Hall–Kier alpha value is -1.80. The van der Waals surface area contributed by atoms with Crippen LogP contribution in [0.3, 0.4) is 0 Å². The molecule has 0 radical (unpaired) electrons. The maximum Gasteiger partial charge on any atom is 0.119 e. The molecule has 0 bridgehead atoms. The molecule has 0 spiro atoms. The minimum absolute atomic E-state index is 0.713. The predicted molar refractivity (Wildman–Crippen MR) is 80.5 cm³/mol. The smallest absolute Gasteiger partial charge is 0.119 e. The average molecular weight is 255 g/mol. The lowest BCUT2D eigenvalue weighted by atomic mass is 10.1. The van der Waals surface area contributed by atoms with Gasteiger partial charge in [-0.25, -0.2) is 0 Å². The Labute approximate surface area is 115 Å². The van der Waals surface area contributed by atoms with Gasteiger partial charge in [-0.2, -0.15) is 0 Å². The molecule has 0 saturated carbocycles. The third kappa shape index (κ3) is 4.42. The highest BCUT2D eigenvalue weighted by Gasteiger charge is 1.97. The molecule has 0 amide bonds. The fourth-order valence-electron chi connectivity index (χ4n) is 1.92. The van der Waals surface area contributed by atoms with Crippen LogP contribution in [0.25, 0.3) is 11.1 Å². The van der Waals surface area contributed by atoms with Gasteiger partial charge in [-0.05, 0) is 36.2 Å². The lowest BCUT2D eigenvalue weighted by molar-refractivity contribution is 0.314. The van der Waals surface area contributed by atoms with Gasteiger partial charge in [-0.3, -0.25) is 0 Å². The summed E-state index contributed by atoms with van der Waals surface area (Å²) in [5.74, 6) is 0.929. The van der Waals surface area contributed by atoms with E-state index in [0.717, 1.165) is 25.3 Å². The monoisotopic (exact) mass is 255 g/mol. The van der Waals surface area contributed by atoms with Crippen molar-refractivity contribution in [2.75, 3.05) is 19.7 Å². The van der Waals surface area contributed by atoms with Crippen LogP contribution >= 0.6 is 0 Å². The second-order valence-corrected chi connectivity index (χ2v) is 4.49. The lowest BCUT2D eigenvalue weighted by Crippen LogP contribution is -2.21. The van der Waals surface area contributed by atoms with Crippen molar-refractivity contribution in [1.29, 1.82) is 0 Å². The molecule has 0 heterocycles. The minimum Gasteiger partial charge on any atom is -0.492 e. The van der Waals surface area contributed by atoms with Crippen molar-refractivity contribution in [3.8, 4) is 16.9 Å². The van der Waals surface area contributed by atoms with E-state index in [4.69, 9.17) is 4.74 Å². The van der Waals surface area contributed by atoms with Crippen LogP contribution in [0.2, 0.25) is 0 Å². The quantitative estimate of drug-likeness (QED) is 0.761. The molecule has 0 unspecified atom stereocenters. The molecule has 2 rings (SSSR count). The van der Waals surface area contributed by atoms with Crippen molar-refractivity contribution in [2.45, 2.75) is 13.3 Å². The van der Waals surface area contributed by atoms with Gasteiger partial charge < -0.3 is 10.1 Å². The van der Waals surface area contributed by atoms with Crippen molar-refractivity contribution >= 4 is 0 Å². The third-order valence-electron chi connectivity index (χ3n) is 2.94. The van der Waals surface area contributed by atoms with Gasteiger partial charge in [0.15, 0.2) is 0 Å². The summed E-state index contributed by atoms with van der Waals surface area (Å²) < 4.78 is 5.68. The highest BCUT2D eigenvalue weighted by atomic mass is 16.5. The zero-order valence-electron chi connectivity index (χ0n) is 11.4. The van der Waals surface area contributed by atoms with E-state index in [0.29, 0.717) is 6.61 Å². The van der Waals surface area contributed by atoms with E-state index in [1.165, 1.54) is 11.1 Å². The van der Waals surface area contributed by atoms with Gasteiger partial charge in [0.25, 0.3) is 0 Å². The number of benzene rings is 2. The molecular weight excluding hydrogens is 234 g/mol. The molecule has 19 heavy (non-hydrogen) atoms. The van der Waals surface area contributed by atoms with Crippen molar-refractivity contribution in [1.82, 2.24) is 5.32 Å². The minimum atomic E-state index is 0.713. The molecule has 0 saturated heterocycles. The van der Waals surface area contributed by atoms with E-state index >= 15 is 0 Å². The third-order valence-corrected chi connectivity index (χ3v) is 2.94. The van der Waals surface area contributed by atoms with Crippen LogP contribution in [-0.2, 0) is 0 Å². The van der Waals surface area contributed by atoms with Gasteiger partial charge in [0.1, 0.15) is 12.4 Å². The summed E-state index contributed by atoms with van der Waals surface area (Å²) in [6.07, 6.45) is 1.16. The molecule has 2 heteroatoms. The second kappa shape index (κ2) is 7.59. The molecule has 1 N–H and O–H groups in total. The van der Waals surface area contributed by atoms with Crippen molar-refractivity contribution in [2.24, 2.45) is 0 Å². The van der Waals surface area contributed by atoms with Crippen LogP contribution in [0.1, 0.15) is 13.3 Å². The highest BCUT2D eigenvalue weighted by Crippen LogP contribution is 2.21. The topological polar surface area (TPSA) is 21.3 Å². The van der Waals surface area contributed by atoms with Gasteiger partial charge in [0.05, 0.1) is 0 Å². The Morgan fingerprint density at radius 3 is 2.21 bits per heavy atom. The molecule has 0 aromatic heterocycles. The summed E-state index contributed by atoms with van der Waals surface area (Å²) in [7, 11) is 0. The number of hydrogen-bond donors (Lipinski definition) is 1. The zero-order chi connectivity index (χ0) is 13.3. The van der Waals surface area contributed by atoms with Crippen LogP contribution in [0.4, 0.5) is 0 Å². The van der Waals surface area contributed by atoms with Gasteiger partial charge in [-0.1, -0.05) is 49.4 Å². The Balaban J connectivity index is 1.85. The molecule has 0 atom stereocenters. The molecule has 0 aliphatic rings. The van der Waals surface area contributed by atoms with Crippen LogP contribution in [0.5, 0.6) is 5.75 Å². The normalized spacial score (nSPS) is 10.4. The molecule has 100 valence electrons. The molecule has 0 aliphatic carbocycles. The standard InChI is InChI=1S/C17H21NO/c1-2-12-18-13-14-19-17-10-8-16(9-11-17)15-6-4-3-5-7-15/h3-11,18H,2,12-14H2,1H3. The van der Waals surface area contributed by atoms with Gasteiger partial charge in [-0.15, -0.1) is 0 Å². The van der Waals surface area contributed by atoms with Crippen molar-refractivity contribution in [3.05, 3.63) is 54.6 Å². The predicted octanol–water partition coefficient (Wildman–Crippen LogP) is 3.73. The van der Waals surface area contributed by atoms with Crippen LogP contribution in [-0.4, -0.2) is 19.7 Å². The van der Waals surface area contributed by atoms with Crippen LogP contribution in [0.15, 0.2) is 54.6 Å². The van der Waals surface area contributed by atoms with E-state index in [9.17, 15) is 0 Å². The van der Waals surface area contributed by atoms with Crippen molar-refractivity contribution < 1.29 is 4.74 Å². The maximum atomic E-state index is 5.68. The van der Waals surface area contributed by atoms with Gasteiger partial charge >= 0.3 is 0 Å². The maximum absolute atomic E-state index is 5.68. The average Bonchev–Trinajstić information content (AvgIpc) is 2.49. The molecule has 2 aromatic carbocycles. The van der Waals surface area contributed by atoms with E-state index in [2.05, 4.69) is 48.6 Å². The highest BCUT2D eigenvalue weighted by molar-refractivity contribution is 5.63. The number of rotatable bonds is 7. The largest absolute Gasteiger partial charge is 0.492 e. The molecule has 0 aliphatic heterocycles. The summed E-state index contributed by atoms with van der Waals surface area (Å²) in [5, 5.41) is 3.32. The fraction of sp³-hybridized carbons (Fsp3) is 0.294. The lowest BCUT2D eigenvalue weighted by Gasteiger charge is -2.08. The molecule has 2 nitrogen and oxygen atoms in total. The Kier molecular flexibility index (Phi) is 5.45. The van der Waals surface area contributed by atoms with Crippen LogP contribution in [0, 0.1) is 0 Å². The first-order valence-electron chi connectivity index (χ1n) is 6.89. The van der Waals surface area contributed by atoms with E-state index in [-0.39, 0.29) is 0 Å². The Bertz CT molecular complexity index is 464. The molecule has 0 fully saturated rings. The SMILES string of the molecule is CCCNCCOc1ccc(-c2ccccc2)cc1. The molecular formula is C17H21NO. The number of ether oxygens (including phenoxy) is 1. The van der Waals surface area contributed by atoms with E-state index in [1.807, 2.05) is 18.2 Å². The Morgan fingerprint density at radius 1 is 0.842 bits per heavy atom. The van der Waals surface area contributed by atoms with Crippen molar-refractivity contribution in [3.63, 3.8) is 0 Å². The van der Waals surface area contributed by atoms with Crippen LogP contribution < -0.4 is 10.1 Å². The summed E-state index contributed by atoms with van der Waals surface area (Å²) >= 11 is 0. The first-order valence-corrected chi connectivity index (χ1v) is 6.89. The first-order chi connectivity index (χ1) is 9.40. The summed E-state index contributed by atoms with van der Waals surface area (Å²) in [6, 6.07) is 18.6. The van der Waals surface area contributed by atoms with Gasteiger partial charge in [0, 0.05) is 6.54 Å². The van der Waals surface area contributed by atoms with E-state index in [1.54, 1.807) is 0 Å². The molecule has 2 aromatic rings. The fourth-order valence-corrected chi connectivity index (χ4v) is 1.92. The zero-order valence-corrected chi connectivity index (χ0v) is 11.4. The van der Waals surface area contributed by atoms with E-state index < -0.39 is 0 Å². The summed E-state index contributed by atoms with van der Waals surface area (Å²) in [4.78, 5) is 0. The van der Waals surface area contributed by atoms with Gasteiger partial charge in [0.2, 0.25) is 0 Å². The number of hydrogen-bond acceptors (Lipinski definition) is 2.